The first-order chi connectivity index (χ1) is 10.5. The van der Waals surface area contributed by atoms with Crippen molar-refractivity contribution in [2.45, 2.75) is 0 Å². The molecule has 0 saturated heterocycles. The highest BCUT2D eigenvalue weighted by Crippen LogP contribution is 2.28. The van der Waals surface area contributed by atoms with Gasteiger partial charge in [-0.3, -0.25) is 9.59 Å². The molecule has 8 heteroatoms. The number of carboxylic acid groups (broad SMARTS) is 1. The Bertz CT molecular complexity index is 526. The van der Waals surface area contributed by atoms with E-state index in [1.165, 1.54) is 19.1 Å². The van der Waals surface area contributed by atoms with Crippen LogP contribution in [0.3, 0.4) is 0 Å². The largest absolute Gasteiger partial charge is 0.480 e. The van der Waals surface area contributed by atoms with Crippen LogP contribution in [-0.4, -0.2) is 56.9 Å². The van der Waals surface area contributed by atoms with Crippen molar-refractivity contribution >= 4 is 23.6 Å². The van der Waals surface area contributed by atoms with Crippen LogP contribution >= 0.6 is 0 Å². The van der Waals surface area contributed by atoms with Gasteiger partial charge in [-0.1, -0.05) is 12.1 Å². The molecule has 1 aromatic carbocycles. The number of aliphatic carboxylic acids is 1. The summed E-state index contributed by atoms with van der Waals surface area (Å²) in [7, 11) is 2.46. The quantitative estimate of drug-likeness (QED) is 0.684. The Hall–Kier alpha value is -2.77. The summed E-state index contributed by atoms with van der Waals surface area (Å²) in [5, 5.41) is 8.68. The minimum Gasteiger partial charge on any atom is -0.480 e. The minimum absolute atomic E-state index is 0.209. The molecule has 0 saturated carbocycles. The van der Waals surface area contributed by atoms with Gasteiger partial charge >= 0.3 is 17.9 Å². The van der Waals surface area contributed by atoms with Gasteiger partial charge in [-0.25, -0.2) is 4.79 Å². The Kier molecular flexibility index (Phi) is 6.68. The van der Waals surface area contributed by atoms with Crippen LogP contribution in [0.25, 0.3) is 0 Å². The third-order valence-corrected chi connectivity index (χ3v) is 2.65. The monoisotopic (exact) mass is 311 g/mol. The molecule has 0 aromatic heterocycles. The fourth-order valence-corrected chi connectivity index (χ4v) is 1.65. The molecular formula is C14H17NO7. The highest BCUT2D eigenvalue weighted by Gasteiger charge is 2.19. The second-order valence-electron chi connectivity index (χ2n) is 4.16. The first-order valence-electron chi connectivity index (χ1n) is 6.30. The van der Waals surface area contributed by atoms with E-state index < -0.39 is 24.5 Å². The van der Waals surface area contributed by atoms with E-state index in [0.29, 0.717) is 5.69 Å². The van der Waals surface area contributed by atoms with Crippen LogP contribution in [0, 0.1) is 0 Å². The molecule has 0 spiro atoms. The van der Waals surface area contributed by atoms with Gasteiger partial charge in [0.05, 0.1) is 19.9 Å². The summed E-state index contributed by atoms with van der Waals surface area (Å²) in [6, 6.07) is 6.46. The molecule has 0 heterocycles. The van der Waals surface area contributed by atoms with Crippen molar-refractivity contribution in [3.8, 4) is 5.75 Å². The van der Waals surface area contributed by atoms with Crippen molar-refractivity contribution in [1.29, 1.82) is 0 Å². The number of anilines is 1. The van der Waals surface area contributed by atoms with Crippen LogP contribution < -0.4 is 9.64 Å². The molecule has 0 atom stereocenters. The van der Waals surface area contributed by atoms with E-state index >= 15 is 0 Å². The summed E-state index contributed by atoms with van der Waals surface area (Å²) < 4.78 is 14.3. The number of carbonyl (C=O) groups is 3. The molecule has 0 aliphatic rings. The Balaban J connectivity index is 3.03. The number of benzene rings is 1. The summed E-state index contributed by atoms with van der Waals surface area (Å²) in [5.41, 5.74) is 0.388. The highest BCUT2D eigenvalue weighted by atomic mass is 16.5. The van der Waals surface area contributed by atoms with Gasteiger partial charge in [-0.15, -0.1) is 0 Å². The number of esters is 2. The fourth-order valence-electron chi connectivity index (χ4n) is 1.65. The molecule has 0 radical (unpaired) electrons. The maximum absolute atomic E-state index is 11.5. The summed E-state index contributed by atoms with van der Waals surface area (Å²) in [6.07, 6.45) is 0. The summed E-state index contributed by atoms with van der Waals surface area (Å²) in [5.74, 6) is -2.02. The molecule has 22 heavy (non-hydrogen) atoms. The molecule has 0 fully saturated rings. The Labute approximate surface area is 127 Å². The first-order valence-corrected chi connectivity index (χ1v) is 6.30. The lowest BCUT2D eigenvalue weighted by Crippen LogP contribution is -2.36. The number of carbonyl (C=O) groups excluding carboxylic acids is 2. The van der Waals surface area contributed by atoms with Crippen LogP contribution in [-0.2, 0) is 23.9 Å². The Morgan fingerprint density at radius 1 is 1.05 bits per heavy atom. The normalized spacial score (nSPS) is 9.73. The van der Waals surface area contributed by atoms with Crippen LogP contribution in [0.15, 0.2) is 24.3 Å². The van der Waals surface area contributed by atoms with Gasteiger partial charge < -0.3 is 24.2 Å². The van der Waals surface area contributed by atoms with Crippen molar-refractivity contribution in [2.75, 3.05) is 38.8 Å². The second kappa shape index (κ2) is 8.50. The van der Waals surface area contributed by atoms with E-state index in [4.69, 9.17) is 9.84 Å². The lowest BCUT2D eigenvalue weighted by molar-refractivity contribution is -0.141. The molecule has 120 valence electrons. The predicted molar refractivity (Wildman–Crippen MR) is 75.8 cm³/mol. The SMILES string of the molecule is COC(=O)CN(CC(=O)OC)c1ccccc1OCC(=O)O. The maximum atomic E-state index is 11.5. The zero-order valence-corrected chi connectivity index (χ0v) is 12.3. The van der Waals surface area contributed by atoms with Gasteiger partial charge in [0.2, 0.25) is 0 Å². The average Bonchev–Trinajstić information content (AvgIpc) is 2.52. The molecule has 1 N–H and O–H groups in total. The first kappa shape index (κ1) is 17.3. The topological polar surface area (TPSA) is 102 Å². The molecule has 1 rings (SSSR count). The number of nitrogens with zero attached hydrogens (tertiary/aromatic N) is 1. The lowest BCUT2D eigenvalue weighted by Gasteiger charge is -2.24. The lowest BCUT2D eigenvalue weighted by atomic mass is 10.2. The molecule has 0 aliphatic carbocycles. The third-order valence-electron chi connectivity index (χ3n) is 2.65. The minimum atomic E-state index is -1.14. The van der Waals surface area contributed by atoms with Crippen molar-refractivity contribution in [2.24, 2.45) is 0 Å². The number of hydrogen-bond acceptors (Lipinski definition) is 7. The second-order valence-corrected chi connectivity index (χ2v) is 4.16. The van der Waals surface area contributed by atoms with Gasteiger partial charge in [0, 0.05) is 0 Å². The maximum Gasteiger partial charge on any atom is 0.341 e. The smallest absolute Gasteiger partial charge is 0.341 e. The van der Waals surface area contributed by atoms with Gasteiger partial charge in [0.1, 0.15) is 18.8 Å². The molecular weight excluding hydrogens is 294 g/mol. The highest BCUT2D eigenvalue weighted by molar-refractivity contribution is 5.82. The number of rotatable bonds is 8. The standard InChI is InChI=1S/C14H17NO7/c1-20-13(18)7-15(8-14(19)21-2)10-5-3-4-6-11(10)22-9-12(16)17/h3-6H,7-9H2,1-2H3,(H,16,17). The number of para-hydroxylation sites is 2. The van der Waals surface area contributed by atoms with E-state index in [1.54, 1.807) is 24.3 Å². The van der Waals surface area contributed by atoms with E-state index in [9.17, 15) is 14.4 Å². The van der Waals surface area contributed by atoms with E-state index in [2.05, 4.69) is 9.47 Å². The zero-order valence-electron chi connectivity index (χ0n) is 12.3. The number of hydrogen-bond donors (Lipinski definition) is 1. The van der Waals surface area contributed by atoms with Crippen molar-refractivity contribution in [3.05, 3.63) is 24.3 Å². The third kappa shape index (κ3) is 5.31. The molecule has 0 unspecified atom stereocenters. The molecule has 0 aliphatic heterocycles. The number of carboxylic acids is 1. The van der Waals surface area contributed by atoms with Crippen LogP contribution in [0.5, 0.6) is 5.75 Å². The predicted octanol–water partition coefficient (Wildman–Crippen LogP) is 0.302. The van der Waals surface area contributed by atoms with Crippen molar-refractivity contribution in [1.82, 2.24) is 0 Å². The van der Waals surface area contributed by atoms with Crippen LogP contribution in [0.1, 0.15) is 0 Å². The van der Waals surface area contributed by atoms with Gasteiger partial charge in [-0.05, 0) is 12.1 Å². The average molecular weight is 311 g/mol. The molecule has 0 amide bonds. The van der Waals surface area contributed by atoms with Crippen LogP contribution in [0.4, 0.5) is 5.69 Å². The van der Waals surface area contributed by atoms with Crippen molar-refractivity contribution < 1.29 is 33.7 Å². The fraction of sp³-hybridized carbons (Fsp3) is 0.357. The number of methoxy groups -OCH3 is 2. The van der Waals surface area contributed by atoms with Gasteiger partial charge in [0.15, 0.2) is 6.61 Å². The van der Waals surface area contributed by atoms with Gasteiger partial charge in [-0.2, -0.15) is 0 Å². The van der Waals surface area contributed by atoms with E-state index in [-0.39, 0.29) is 18.8 Å². The van der Waals surface area contributed by atoms with E-state index in [1.807, 2.05) is 0 Å². The molecule has 8 nitrogen and oxygen atoms in total. The zero-order chi connectivity index (χ0) is 16.5. The summed E-state index contributed by atoms with van der Waals surface area (Å²) in [4.78, 5) is 35.0. The van der Waals surface area contributed by atoms with E-state index in [0.717, 1.165) is 0 Å². The number of ether oxygens (including phenoxy) is 3. The van der Waals surface area contributed by atoms with Gasteiger partial charge in [0.25, 0.3) is 0 Å². The summed E-state index contributed by atoms with van der Waals surface area (Å²) in [6.45, 7) is -0.959. The Morgan fingerprint density at radius 2 is 1.59 bits per heavy atom. The summed E-state index contributed by atoms with van der Waals surface area (Å²) >= 11 is 0. The molecule has 1 aromatic rings. The van der Waals surface area contributed by atoms with Crippen LogP contribution in [0.2, 0.25) is 0 Å². The Morgan fingerprint density at radius 3 is 2.09 bits per heavy atom. The van der Waals surface area contributed by atoms with Crippen molar-refractivity contribution in [3.63, 3.8) is 0 Å². The molecule has 0 bridgehead atoms.